The Bertz CT molecular complexity index is 1440. The predicted octanol–water partition coefficient (Wildman–Crippen LogP) is 6.10. The molecule has 36 heavy (non-hydrogen) atoms. The number of nitrogens with one attached hydrogen (secondary N) is 1. The van der Waals surface area contributed by atoms with Crippen molar-refractivity contribution in [1.82, 2.24) is 5.32 Å². The number of halogens is 1. The summed E-state index contributed by atoms with van der Waals surface area (Å²) >= 11 is 0. The largest absolute Gasteiger partial charge is 0.493 e. The maximum atomic E-state index is 13.5. The first-order valence-electron chi connectivity index (χ1n) is 11.9. The van der Waals surface area contributed by atoms with Crippen LogP contribution in [0.5, 0.6) is 5.75 Å². The average molecular weight is 489 g/mol. The van der Waals surface area contributed by atoms with E-state index in [0.717, 1.165) is 11.1 Å². The van der Waals surface area contributed by atoms with Gasteiger partial charge in [0.05, 0.1) is 12.2 Å². The van der Waals surface area contributed by atoms with Gasteiger partial charge in [-0.2, -0.15) is 0 Å². The number of carbonyl (C=O) groups excluding carboxylic acids is 2. The molecule has 1 heterocycles. The van der Waals surface area contributed by atoms with Crippen molar-refractivity contribution in [3.63, 3.8) is 0 Å². The van der Waals surface area contributed by atoms with E-state index in [-0.39, 0.29) is 17.2 Å². The molecule has 4 rings (SSSR count). The third kappa shape index (κ3) is 4.82. The van der Waals surface area contributed by atoms with E-state index in [4.69, 9.17) is 14.9 Å². The fourth-order valence-electron chi connectivity index (χ4n) is 4.25. The van der Waals surface area contributed by atoms with Crippen LogP contribution in [0.25, 0.3) is 33.4 Å². The zero-order valence-corrected chi connectivity index (χ0v) is 20.8. The molecule has 186 valence electrons. The van der Waals surface area contributed by atoms with Crippen molar-refractivity contribution in [2.24, 2.45) is 11.7 Å². The van der Waals surface area contributed by atoms with Gasteiger partial charge in [-0.15, -0.1) is 0 Å². The van der Waals surface area contributed by atoms with E-state index in [0.29, 0.717) is 52.5 Å². The van der Waals surface area contributed by atoms with Gasteiger partial charge in [-0.3, -0.25) is 9.59 Å². The van der Waals surface area contributed by atoms with E-state index in [2.05, 4.69) is 5.32 Å². The number of furan rings is 1. The van der Waals surface area contributed by atoms with Gasteiger partial charge in [-0.1, -0.05) is 19.9 Å². The lowest BCUT2D eigenvalue weighted by Gasteiger charge is -2.15. The third-order valence-corrected chi connectivity index (χ3v) is 5.97. The van der Waals surface area contributed by atoms with Gasteiger partial charge in [-0.25, -0.2) is 4.39 Å². The summed E-state index contributed by atoms with van der Waals surface area (Å²) in [4.78, 5) is 25.4. The van der Waals surface area contributed by atoms with Crippen molar-refractivity contribution in [2.75, 3.05) is 13.2 Å². The standard InChI is InChI=1S/C29H29FN2O4/c1-5-35-23-12-8-19(29(34)32-15-16(2)3)14-22(23)21-11-13-24-25(17(21)4)26(28(31)33)27(36-24)18-6-9-20(30)10-7-18/h6-14,16H,5,15H2,1-4H3,(H2,31,33)(H,32,34). The lowest BCUT2D eigenvalue weighted by atomic mass is 9.93. The van der Waals surface area contributed by atoms with Gasteiger partial charge in [0, 0.05) is 28.6 Å². The lowest BCUT2D eigenvalue weighted by molar-refractivity contribution is 0.0947. The van der Waals surface area contributed by atoms with Crippen LogP contribution in [0.1, 0.15) is 47.1 Å². The molecule has 0 radical (unpaired) electrons. The minimum Gasteiger partial charge on any atom is -0.493 e. The molecule has 0 aliphatic heterocycles. The van der Waals surface area contributed by atoms with Gasteiger partial charge in [0.1, 0.15) is 22.9 Å². The second-order valence-electron chi connectivity index (χ2n) is 9.04. The van der Waals surface area contributed by atoms with Crippen LogP contribution in [0, 0.1) is 18.7 Å². The Morgan fingerprint density at radius 2 is 1.78 bits per heavy atom. The first-order valence-corrected chi connectivity index (χ1v) is 11.9. The van der Waals surface area contributed by atoms with E-state index in [1.165, 1.54) is 12.1 Å². The maximum Gasteiger partial charge on any atom is 0.253 e. The fraction of sp³-hybridized carbons (Fsp3) is 0.241. The van der Waals surface area contributed by atoms with Crippen LogP contribution in [0.4, 0.5) is 4.39 Å². The minimum atomic E-state index is -0.653. The highest BCUT2D eigenvalue weighted by Gasteiger charge is 2.24. The summed E-state index contributed by atoms with van der Waals surface area (Å²) < 4.78 is 25.4. The first-order chi connectivity index (χ1) is 17.2. The normalized spacial score (nSPS) is 11.2. The highest BCUT2D eigenvalue weighted by atomic mass is 19.1. The van der Waals surface area contributed by atoms with E-state index in [1.807, 2.05) is 33.8 Å². The number of hydrogen-bond acceptors (Lipinski definition) is 4. The summed E-state index contributed by atoms with van der Waals surface area (Å²) in [6.45, 7) is 8.83. The zero-order chi connectivity index (χ0) is 26.0. The Labute approximate surface area is 209 Å². The molecular formula is C29H29FN2O4. The van der Waals surface area contributed by atoms with Crippen LogP contribution < -0.4 is 15.8 Å². The second kappa shape index (κ2) is 10.2. The Kier molecular flexibility index (Phi) is 7.10. The van der Waals surface area contributed by atoms with Crippen molar-refractivity contribution < 1.29 is 23.1 Å². The molecule has 0 bridgehead atoms. The Morgan fingerprint density at radius 3 is 2.42 bits per heavy atom. The second-order valence-corrected chi connectivity index (χ2v) is 9.04. The van der Waals surface area contributed by atoms with Crippen molar-refractivity contribution >= 4 is 22.8 Å². The monoisotopic (exact) mass is 488 g/mol. The van der Waals surface area contributed by atoms with Gasteiger partial charge in [-0.05, 0) is 79.4 Å². The molecule has 2 amide bonds. The van der Waals surface area contributed by atoms with Crippen LogP contribution in [-0.4, -0.2) is 25.0 Å². The average Bonchev–Trinajstić information content (AvgIpc) is 3.25. The summed E-state index contributed by atoms with van der Waals surface area (Å²) in [7, 11) is 0. The maximum absolute atomic E-state index is 13.5. The zero-order valence-electron chi connectivity index (χ0n) is 20.8. The van der Waals surface area contributed by atoms with Crippen molar-refractivity contribution in [1.29, 1.82) is 0 Å². The SMILES string of the molecule is CCOc1ccc(C(=O)NCC(C)C)cc1-c1ccc2oc(-c3ccc(F)cc3)c(C(N)=O)c2c1C. The summed E-state index contributed by atoms with van der Waals surface area (Å²) in [5.41, 5.74) is 9.79. The molecule has 0 unspecified atom stereocenters. The predicted molar refractivity (Wildman–Crippen MR) is 139 cm³/mol. The van der Waals surface area contributed by atoms with Crippen molar-refractivity contribution in [2.45, 2.75) is 27.7 Å². The van der Waals surface area contributed by atoms with E-state index >= 15 is 0 Å². The topological polar surface area (TPSA) is 94.6 Å². The van der Waals surface area contributed by atoms with E-state index in [1.54, 1.807) is 36.4 Å². The first kappa shape index (κ1) is 25.0. The summed E-state index contributed by atoms with van der Waals surface area (Å²) in [5, 5.41) is 3.51. The van der Waals surface area contributed by atoms with Gasteiger partial charge < -0.3 is 20.2 Å². The molecule has 0 atom stereocenters. The Hall–Kier alpha value is -4.13. The number of primary amides is 1. The molecule has 1 aromatic heterocycles. The molecule has 3 aromatic carbocycles. The quantitative estimate of drug-likeness (QED) is 0.313. The summed E-state index contributed by atoms with van der Waals surface area (Å²) in [5.74, 6) is -0.00132. The van der Waals surface area contributed by atoms with Gasteiger partial charge in [0.25, 0.3) is 11.8 Å². The number of aryl methyl sites for hydroxylation is 1. The molecule has 4 aromatic rings. The highest BCUT2D eigenvalue weighted by molar-refractivity contribution is 6.12. The van der Waals surface area contributed by atoms with E-state index in [9.17, 15) is 14.0 Å². The number of benzene rings is 3. The lowest BCUT2D eigenvalue weighted by Crippen LogP contribution is -2.27. The molecule has 0 spiro atoms. The van der Waals surface area contributed by atoms with Crippen LogP contribution in [-0.2, 0) is 0 Å². The number of nitrogens with two attached hydrogens (primary N) is 1. The van der Waals surface area contributed by atoms with Crippen LogP contribution in [0.15, 0.2) is 59.0 Å². The summed E-state index contributed by atoms with van der Waals surface area (Å²) in [6, 6.07) is 14.6. The molecule has 0 aliphatic carbocycles. The smallest absolute Gasteiger partial charge is 0.253 e. The van der Waals surface area contributed by atoms with Gasteiger partial charge in [0.2, 0.25) is 0 Å². The number of carbonyl (C=O) groups is 2. The molecule has 0 saturated carbocycles. The molecule has 7 heteroatoms. The molecule has 0 aliphatic rings. The summed E-state index contributed by atoms with van der Waals surface area (Å²) in [6.07, 6.45) is 0. The number of amides is 2. The Balaban J connectivity index is 1.90. The van der Waals surface area contributed by atoms with Crippen LogP contribution in [0.2, 0.25) is 0 Å². The van der Waals surface area contributed by atoms with Gasteiger partial charge in [0.15, 0.2) is 0 Å². The van der Waals surface area contributed by atoms with Crippen LogP contribution >= 0.6 is 0 Å². The number of hydrogen-bond donors (Lipinski definition) is 2. The van der Waals surface area contributed by atoms with E-state index < -0.39 is 11.7 Å². The number of rotatable bonds is 8. The molecule has 3 N–H and O–H groups in total. The fourth-order valence-corrected chi connectivity index (χ4v) is 4.25. The van der Waals surface area contributed by atoms with Crippen molar-refractivity contribution in [3.05, 3.63) is 77.1 Å². The molecular weight excluding hydrogens is 459 g/mol. The molecule has 6 nitrogen and oxygen atoms in total. The Morgan fingerprint density at radius 1 is 1.06 bits per heavy atom. The molecule has 0 fully saturated rings. The highest BCUT2D eigenvalue weighted by Crippen LogP contribution is 2.41. The number of ether oxygens (including phenoxy) is 1. The minimum absolute atomic E-state index is 0.175. The molecule has 0 saturated heterocycles. The van der Waals surface area contributed by atoms with Crippen LogP contribution in [0.3, 0.4) is 0 Å². The third-order valence-electron chi connectivity index (χ3n) is 5.97. The number of fused-ring (bicyclic) bond motifs is 1. The van der Waals surface area contributed by atoms with Crippen molar-refractivity contribution in [3.8, 4) is 28.2 Å². The van der Waals surface area contributed by atoms with Gasteiger partial charge >= 0.3 is 0 Å².